The van der Waals surface area contributed by atoms with E-state index in [9.17, 15) is 0 Å². The highest BCUT2D eigenvalue weighted by molar-refractivity contribution is 5.84. The standard InChI is InChI=1S/C19H26N2O/c1-15-9-10-16(18-8-4-11-20-19(15)18)14-21-12-3-2-6-17(21)7-5-13-22/h4,8-11,17,22H,2-3,5-7,12-14H2,1H3. The molecular weight excluding hydrogens is 272 g/mol. The molecule has 0 spiro atoms. The topological polar surface area (TPSA) is 36.4 Å². The SMILES string of the molecule is Cc1ccc(CN2CCCCC2CCCO)c2cccnc12. The molecule has 1 aliphatic heterocycles. The van der Waals surface area contributed by atoms with E-state index in [2.05, 4.69) is 35.0 Å². The number of rotatable bonds is 5. The number of benzene rings is 1. The third-order valence-electron chi connectivity index (χ3n) is 4.88. The third-order valence-corrected chi connectivity index (χ3v) is 4.88. The highest BCUT2D eigenvalue weighted by atomic mass is 16.2. The Balaban J connectivity index is 1.83. The van der Waals surface area contributed by atoms with Gasteiger partial charge in [0, 0.05) is 30.8 Å². The lowest BCUT2D eigenvalue weighted by Gasteiger charge is -2.36. The zero-order valence-electron chi connectivity index (χ0n) is 13.5. The minimum Gasteiger partial charge on any atom is -0.396 e. The summed E-state index contributed by atoms with van der Waals surface area (Å²) in [6, 6.07) is 9.30. The third kappa shape index (κ3) is 3.31. The van der Waals surface area contributed by atoms with Crippen LogP contribution in [0, 0.1) is 6.92 Å². The van der Waals surface area contributed by atoms with E-state index < -0.39 is 0 Å². The Labute approximate surface area is 133 Å². The summed E-state index contributed by atoms with van der Waals surface area (Å²) in [5.74, 6) is 0. The van der Waals surface area contributed by atoms with E-state index in [1.807, 2.05) is 12.3 Å². The number of hydrogen-bond donors (Lipinski definition) is 1. The van der Waals surface area contributed by atoms with Crippen molar-refractivity contribution in [2.75, 3.05) is 13.2 Å². The van der Waals surface area contributed by atoms with Crippen LogP contribution in [0.5, 0.6) is 0 Å². The van der Waals surface area contributed by atoms with Crippen LogP contribution in [0.4, 0.5) is 0 Å². The van der Waals surface area contributed by atoms with Crippen LogP contribution in [0.15, 0.2) is 30.5 Å². The van der Waals surface area contributed by atoms with Crippen molar-refractivity contribution in [2.45, 2.75) is 51.6 Å². The van der Waals surface area contributed by atoms with Gasteiger partial charge >= 0.3 is 0 Å². The summed E-state index contributed by atoms with van der Waals surface area (Å²) in [5.41, 5.74) is 3.75. The van der Waals surface area contributed by atoms with E-state index >= 15 is 0 Å². The number of aliphatic hydroxyl groups is 1. The van der Waals surface area contributed by atoms with Gasteiger partial charge in [0.15, 0.2) is 0 Å². The van der Waals surface area contributed by atoms with Gasteiger partial charge in [-0.3, -0.25) is 9.88 Å². The molecule has 1 unspecified atom stereocenters. The molecule has 0 bridgehead atoms. The molecule has 0 radical (unpaired) electrons. The fourth-order valence-corrected chi connectivity index (χ4v) is 3.65. The number of hydrogen-bond acceptors (Lipinski definition) is 3. The predicted octanol–water partition coefficient (Wildman–Crippen LogP) is 3.67. The molecule has 22 heavy (non-hydrogen) atoms. The van der Waals surface area contributed by atoms with Crippen molar-refractivity contribution in [3.8, 4) is 0 Å². The maximum absolute atomic E-state index is 9.12. The molecule has 1 fully saturated rings. The van der Waals surface area contributed by atoms with Crippen molar-refractivity contribution in [1.29, 1.82) is 0 Å². The lowest BCUT2D eigenvalue weighted by Crippen LogP contribution is -2.39. The van der Waals surface area contributed by atoms with Crippen molar-refractivity contribution in [1.82, 2.24) is 9.88 Å². The fraction of sp³-hybridized carbons (Fsp3) is 0.526. The second-order valence-corrected chi connectivity index (χ2v) is 6.43. The molecular formula is C19H26N2O. The molecule has 1 N–H and O–H groups in total. The molecule has 0 aliphatic carbocycles. The second kappa shape index (κ2) is 7.21. The quantitative estimate of drug-likeness (QED) is 0.915. The minimum absolute atomic E-state index is 0.307. The van der Waals surface area contributed by atoms with E-state index in [0.29, 0.717) is 12.6 Å². The average Bonchev–Trinajstić information content (AvgIpc) is 2.57. The van der Waals surface area contributed by atoms with E-state index in [1.165, 1.54) is 42.3 Å². The van der Waals surface area contributed by atoms with Gasteiger partial charge in [0.25, 0.3) is 0 Å². The van der Waals surface area contributed by atoms with Gasteiger partial charge in [0.05, 0.1) is 5.52 Å². The number of nitrogens with zero attached hydrogens (tertiary/aromatic N) is 2. The van der Waals surface area contributed by atoms with Crippen molar-refractivity contribution < 1.29 is 5.11 Å². The highest BCUT2D eigenvalue weighted by Gasteiger charge is 2.22. The number of aryl methyl sites for hydroxylation is 1. The number of piperidine rings is 1. The Morgan fingerprint density at radius 2 is 2.18 bits per heavy atom. The van der Waals surface area contributed by atoms with Crippen molar-refractivity contribution in [2.24, 2.45) is 0 Å². The van der Waals surface area contributed by atoms with Gasteiger partial charge in [-0.1, -0.05) is 24.6 Å². The van der Waals surface area contributed by atoms with Crippen molar-refractivity contribution in [3.05, 3.63) is 41.6 Å². The maximum Gasteiger partial charge on any atom is 0.0734 e. The number of aliphatic hydroxyl groups excluding tert-OH is 1. The first-order chi connectivity index (χ1) is 10.8. The molecule has 0 amide bonds. The Kier molecular flexibility index (Phi) is 5.06. The van der Waals surface area contributed by atoms with Crippen LogP contribution >= 0.6 is 0 Å². The van der Waals surface area contributed by atoms with E-state index in [0.717, 1.165) is 24.9 Å². The number of pyridine rings is 1. The number of fused-ring (bicyclic) bond motifs is 1. The molecule has 1 aromatic carbocycles. The molecule has 1 aromatic heterocycles. The molecule has 1 aliphatic rings. The zero-order valence-corrected chi connectivity index (χ0v) is 13.5. The monoisotopic (exact) mass is 298 g/mol. The largest absolute Gasteiger partial charge is 0.396 e. The van der Waals surface area contributed by atoms with Crippen LogP contribution in [0.25, 0.3) is 10.9 Å². The first-order valence-electron chi connectivity index (χ1n) is 8.47. The summed E-state index contributed by atoms with van der Waals surface area (Å²) in [7, 11) is 0. The highest BCUT2D eigenvalue weighted by Crippen LogP contribution is 2.26. The van der Waals surface area contributed by atoms with E-state index in [1.54, 1.807) is 0 Å². The molecule has 118 valence electrons. The summed E-state index contributed by atoms with van der Waals surface area (Å²) in [6.07, 6.45) is 7.78. The first-order valence-corrected chi connectivity index (χ1v) is 8.47. The smallest absolute Gasteiger partial charge is 0.0734 e. The van der Waals surface area contributed by atoms with Gasteiger partial charge in [-0.2, -0.15) is 0 Å². The number of aromatic nitrogens is 1. The zero-order chi connectivity index (χ0) is 15.4. The van der Waals surface area contributed by atoms with Crippen LogP contribution in [0.3, 0.4) is 0 Å². The van der Waals surface area contributed by atoms with Crippen LogP contribution < -0.4 is 0 Å². The molecule has 0 saturated carbocycles. The Morgan fingerprint density at radius 3 is 3.05 bits per heavy atom. The number of likely N-dealkylation sites (tertiary alicyclic amines) is 1. The summed E-state index contributed by atoms with van der Waals surface area (Å²) >= 11 is 0. The molecule has 1 saturated heterocycles. The summed E-state index contributed by atoms with van der Waals surface area (Å²) in [5, 5.41) is 10.4. The van der Waals surface area contributed by atoms with Crippen LogP contribution in [0.1, 0.15) is 43.2 Å². The molecule has 2 aromatic rings. The van der Waals surface area contributed by atoms with Gasteiger partial charge in [-0.15, -0.1) is 0 Å². The molecule has 1 atom stereocenters. The first kappa shape index (κ1) is 15.4. The van der Waals surface area contributed by atoms with Crippen LogP contribution in [-0.2, 0) is 6.54 Å². The Bertz CT molecular complexity index is 626. The van der Waals surface area contributed by atoms with Gasteiger partial charge < -0.3 is 5.11 Å². The average molecular weight is 298 g/mol. The summed E-state index contributed by atoms with van der Waals surface area (Å²) in [4.78, 5) is 7.16. The van der Waals surface area contributed by atoms with Gasteiger partial charge in [-0.05, 0) is 56.3 Å². The Morgan fingerprint density at radius 1 is 1.27 bits per heavy atom. The molecule has 3 heteroatoms. The second-order valence-electron chi connectivity index (χ2n) is 6.43. The lowest BCUT2D eigenvalue weighted by molar-refractivity contribution is 0.124. The Hall–Kier alpha value is -1.45. The van der Waals surface area contributed by atoms with Gasteiger partial charge in [-0.25, -0.2) is 0 Å². The fourth-order valence-electron chi connectivity index (χ4n) is 3.65. The van der Waals surface area contributed by atoms with Gasteiger partial charge in [0.1, 0.15) is 0 Å². The van der Waals surface area contributed by atoms with Crippen LogP contribution in [-0.4, -0.2) is 34.2 Å². The summed E-state index contributed by atoms with van der Waals surface area (Å²) in [6.45, 7) is 4.61. The molecule has 3 rings (SSSR count). The minimum atomic E-state index is 0.307. The van der Waals surface area contributed by atoms with E-state index in [-0.39, 0.29) is 0 Å². The summed E-state index contributed by atoms with van der Waals surface area (Å²) < 4.78 is 0. The van der Waals surface area contributed by atoms with Crippen molar-refractivity contribution in [3.63, 3.8) is 0 Å². The van der Waals surface area contributed by atoms with Crippen molar-refractivity contribution >= 4 is 10.9 Å². The lowest BCUT2D eigenvalue weighted by atomic mass is 9.96. The molecule has 2 heterocycles. The normalized spacial score (nSPS) is 19.6. The predicted molar refractivity (Wildman–Crippen MR) is 90.8 cm³/mol. The van der Waals surface area contributed by atoms with Crippen LogP contribution in [0.2, 0.25) is 0 Å². The van der Waals surface area contributed by atoms with Gasteiger partial charge in [0.2, 0.25) is 0 Å². The molecule has 3 nitrogen and oxygen atoms in total. The maximum atomic E-state index is 9.12. The van der Waals surface area contributed by atoms with E-state index in [4.69, 9.17) is 5.11 Å².